The van der Waals surface area contributed by atoms with Crippen LogP contribution in [0, 0.1) is 0 Å². The second-order valence-electron chi connectivity index (χ2n) is 4.98. The van der Waals surface area contributed by atoms with Crippen LogP contribution in [0.2, 0.25) is 0 Å². The summed E-state index contributed by atoms with van der Waals surface area (Å²) in [5, 5.41) is 0. The molecule has 1 rings (SSSR count). The molecule has 1 aliphatic rings. The Labute approximate surface area is 146 Å². The van der Waals surface area contributed by atoms with Gasteiger partial charge in [0.1, 0.15) is 6.61 Å². The molecule has 0 amide bonds. The summed E-state index contributed by atoms with van der Waals surface area (Å²) in [6, 6.07) is 0. The van der Waals surface area contributed by atoms with Crippen LogP contribution in [0.3, 0.4) is 0 Å². The first-order chi connectivity index (χ1) is 11.9. The third-order valence-electron chi connectivity index (χ3n) is 3.23. The number of hydrogen-bond acceptors (Lipinski definition) is 4. The maximum Gasteiger partial charge on any atom is 0.529 e. The largest absolute Gasteiger partial charge is 0.529 e. The lowest BCUT2D eigenvalue weighted by molar-refractivity contribution is -0.273. The molecule has 0 heterocycles. The van der Waals surface area contributed by atoms with Gasteiger partial charge in [-0.05, 0) is 32.5 Å². The molecular formula is C14H19F7O4Si. The first-order valence-electron chi connectivity index (χ1n) is 7.70. The minimum absolute atomic E-state index is 0.188. The summed E-state index contributed by atoms with van der Waals surface area (Å²) in [5.74, 6) is -22.5. The highest BCUT2D eigenvalue weighted by molar-refractivity contribution is 6.66. The Kier molecular flexibility index (Phi) is 7.30. The highest BCUT2D eigenvalue weighted by atomic mass is 28.4. The number of halogens is 7. The first kappa shape index (κ1) is 22.9. The van der Waals surface area contributed by atoms with Crippen LogP contribution in [-0.4, -0.2) is 53.0 Å². The van der Waals surface area contributed by atoms with Crippen LogP contribution in [0.1, 0.15) is 20.8 Å². The van der Waals surface area contributed by atoms with E-state index in [0.29, 0.717) is 0 Å². The molecule has 0 saturated carbocycles. The smallest absolute Gasteiger partial charge is 0.485 e. The van der Waals surface area contributed by atoms with Crippen molar-refractivity contribution in [1.82, 2.24) is 0 Å². The minimum Gasteiger partial charge on any atom is -0.485 e. The average molecular weight is 412 g/mol. The van der Waals surface area contributed by atoms with Crippen molar-refractivity contribution in [2.45, 2.75) is 38.5 Å². The second-order valence-corrected chi connectivity index (χ2v) is 7.39. The topological polar surface area (TPSA) is 36.9 Å². The van der Waals surface area contributed by atoms with Crippen molar-refractivity contribution < 1.29 is 48.7 Å². The van der Waals surface area contributed by atoms with Gasteiger partial charge in [-0.25, -0.2) is 4.39 Å². The maximum absolute atomic E-state index is 13.4. The molecule has 0 aromatic heterocycles. The summed E-state index contributed by atoms with van der Waals surface area (Å²) in [6.45, 7) is 4.61. The Morgan fingerprint density at radius 1 is 0.846 bits per heavy atom. The zero-order valence-electron chi connectivity index (χ0n) is 14.3. The highest BCUT2D eigenvalue weighted by Crippen LogP contribution is 2.59. The number of alkyl halides is 6. The molecule has 0 radical (unpaired) electrons. The van der Waals surface area contributed by atoms with Gasteiger partial charge in [-0.3, -0.25) is 0 Å². The molecule has 0 N–H and O–H groups in total. The Hall–Kier alpha value is -1.11. The molecule has 0 bridgehead atoms. The lowest BCUT2D eigenvalue weighted by Gasteiger charge is -2.25. The third kappa shape index (κ3) is 3.92. The molecule has 0 saturated heterocycles. The standard InChI is InChI=1S/C14H19F7O4Si/c1-4-23-26(24-5-2,25-6-3)9-7-8-22-11-10(15)12(16,17)14(20,21)13(11,18)19/h7,9H,4-6,8H2,1-3H3/b9-7+. The molecule has 0 atom stereocenters. The summed E-state index contributed by atoms with van der Waals surface area (Å²) in [6.07, 6.45) is 0.998. The molecule has 0 fully saturated rings. The fraction of sp³-hybridized carbons (Fsp3) is 0.714. The quantitative estimate of drug-likeness (QED) is 0.397. The lowest BCUT2D eigenvalue weighted by atomic mass is 10.1. The van der Waals surface area contributed by atoms with E-state index >= 15 is 0 Å². The van der Waals surface area contributed by atoms with Crippen molar-refractivity contribution in [1.29, 1.82) is 0 Å². The van der Waals surface area contributed by atoms with Gasteiger partial charge in [-0.1, -0.05) is 0 Å². The molecule has 1 aliphatic carbocycles. The van der Waals surface area contributed by atoms with Crippen molar-refractivity contribution in [3.63, 3.8) is 0 Å². The van der Waals surface area contributed by atoms with E-state index in [-0.39, 0.29) is 19.8 Å². The molecule has 0 unspecified atom stereocenters. The SMILES string of the molecule is CCO[Si](/C=C/COC1=C(F)C(F)(F)C(F)(F)C1(F)F)(OCC)OCC. The van der Waals surface area contributed by atoms with Crippen LogP contribution < -0.4 is 0 Å². The van der Waals surface area contributed by atoms with Crippen molar-refractivity contribution in [2.75, 3.05) is 26.4 Å². The molecule has 0 aliphatic heterocycles. The number of ether oxygens (including phenoxy) is 1. The molecular weight excluding hydrogens is 393 g/mol. The Morgan fingerprint density at radius 2 is 1.31 bits per heavy atom. The second kappa shape index (κ2) is 8.27. The van der Waals surface area contributed by atoms with E-state index < -0.39 is 44.8 Å². The fourth-order valence-electron chi connectivity index (χ4n) is 2.11. The van der Waals surface area contributed by atoms with E-state index in [1.807, 2.05) is 0 Å². The van der Waals surface area contributed by atoms with E-state index in [4.69, 9.17) is 13.3 Å². The molecule has 152 valence electrons. The van der Waals surface area contributed by atoms with Gasteiger partial charge in [0.05, 0.1) is 0 Å². The van der Waals surface area contributed by atoms with E-state index in [9.17, 15) is 30.7 Å². The molecule has 26 heavy (non-hydrogen) atoms. The Balaban J connectivity index is 2.94. The zero-order chi connectivity index (χ0) is 20.2. The maximum atomic E-state index is 13.4. The monoisotopic (exact) mass is 412 g/mol. The zero-order valence-corrected chi connectivity index (χ0v) is 15.3. The summed E-state index contributed by atoms with van der Waals surface area (Å²) in [5.41, 5.74) is 1.21. The van der Waals surface area contributed by atoms with Gasteiger partial charge in [-0.15, -0.1) is 0 Å². The average Bonchev–Trinajstić information content (AvgIpc) is 2.62. The van der Waals surface area contributed by atoms with E-state index in [2.05, 4.69) is 4.74 Å². The van der Waals surface area contributed by atoms with Crippen molar-refractivity contribution in [2.24, 2.45) is 0 Å². The van der Waals surface area contributed by atoms with Crippen LogP contribution in [-0.2, 0) is 18.0 Å². The number of allylic oxidation sites excluding steroid dienone is 2. The molecule has 4 nitrogen and oxygen atoms in total. The van der Waals surface area contributed by atoms with Crippen LogP contribution in [0.15, 0.2) is 23.4 Å². The van der Waals surface area contributed by atoms with Crippen molar-refractivity contribution >= 4 is 8.80 Å². The number of rotatable bonds is 10. The minimum atomic E-state index is -5.93. The summed E-state index contributed by atoms with van der Waals surface area (Å²) >= 11 is 0. The van der Waals surface area contributed by atoms with Crippen LogP contribution in [0.4, 0.5) is 30.7 Å². The lowest BCUT2D eigenvalue weighted by Crippen LogP contribution is -2.49. The van der Waals surface area contributed by atoms with Crippen LogP contribution >= 0.6 is 0 Å². The van der Waals surface area contributed by atoms with Gasteiger partial charge in [0.2, 0.25) is 11.6 Å². The molecule has 12 heteroatoms. The van der Waals surface area contributed by atoms with Gasteiger partial charge in [0.25, 0.3) is 0 Å². The molecule has 0 aromatic rings. The fourth-order valence-corrected chi connectivity index (χ4v) is 4.24. The van der Waals surface area contributed by atoms with Crippen LogP contribution in [0.5, 0.6) is 0 Å². The molecule has 0 aromatic carbocycles. The summed E-state index contributed by atoms with van der Waals surface area (Å²) in [7, 11) is -3.34. The highest BCUT2D eigenvalue weighted by Gasteiger charge is 2.82. The van der Waals surface area contributed by atoms with Gasteiger partial charge < -0.3 is 18.0 Å². The summed E-state index contributed by atoms with van der Waals surface area (Å²) in [4.78, 5) is 0. The number of hydrogen-bond donors (Lipinski definition) is 0. The van der Waals surface area contributed by atoms with E-state index in [1.54, 1.807) is 20.8 Å². The predicted octanol–water partition coefficient (Wildman–Crippen LogP) is 4.25. The predicted molar refractivity (Wildman–Crippen MR) is 78.7 cm³/mol. The van der Waals surface area contributed by atoms with Crippen molar-refractivity contribution in [3.05, 3.63) is 23.4 Å². The third-order valence-corrected chi connectivity index (χ3v) is 5.95. The van der Waals surface area contributed by atoms with E-state index in [0.717, 1.165) is 6.08 Å². The Morgan fingerprint density at radius 3 is 1.65 bits per heavy atom. The van der Waals surface area contributed by atoms with Gasteiger partial charge in [-0.2, -0.15) is 26.3 Å². The van der Waals surface area contributed by atoms with Gasteiger partial charge >= 0.3 is 26.6 Å². The normalized spacial score (nSPS) is 21.6. The van der Waals surface area contributed by atoms with E-state index in [1.165, 1.54) is 5.70 Å². The van der Waals surface area contributed by atoms with Gasteiger partial charge in [0.15, 0.2) is 0 Å². The van der Waals surface area contributed by atoms with Gasteiger partial charge in [0, 0.05) is 19.8 Å². The first-order valence-corrected chi connectivity index (χ1v) is 9.50. The summed E-state index contributed by atoms with van der Waals surface area (Å²) < 4.78 is 113. The Bertz CT molecular complexity index is 534. The van der Waals surface area contributed by atoms with Crippen LogP contribution in [0.25, 0.3) is 0 Å². The van der Waals surface area contributed by atoms with Crippen molar-refractivity contribution in [3.8, 4) is 0 Å². The molecule has 0 spiro atoms.